The zero-order valence-corrected chi connectivity index (χ0v) is 10.9. The molecule has 0 rings (SSSR count). The van der Waals surface area contributed by atoms with Crippen LogP contribution in [0.15, 0.2) is 0 Å². The van der Waals surface area contributed by atoms with Crippen LogP contribution in [0, 0.1) is 5.41 Å². The Kier molecular flexibility index (Phi) is 8.42. The van der Waals surface area contributed by atoms with Crippen molar-refractivity contribution in [2.24, 2.45) is 5.41 Å². The van der Waals surface area contributed by atoms with Gasteiger partial charge in [0.15, 0.2) is 0 Å². The van der Waals surface area contributed by atoms with Gasteiger partial charge in [0, 0.05) is 0 Å². The van der Waals surface area contributed by atoms with Crippen molar-refractivity contribution >= 4 is 7.85 Å². The molecule has 0 bridgehead atoms. The molecule has 0 radical (unpaired) electrons. The fourth-order valence-corrected chi connectivity index (χ4v) is 2.24. The van der Waals surface area contributed by atoms with Crippen molar-refractivity contribution in [2.75, 3.05) is 0 Å². The molecule has 14 heavy (non-hydrogen) atoms. The average Bonchev–Trinajstić information content (AvgIpc) is 2.18. The lowest BCUT2D eigenvalue weighted by Crippen LogP contribution is -2.14. The summed E-state index contributed by atoms with van der Waals surface area (Å²) in [6.45, 7) is 7.10. The smallest absolute Gasteiger partial charge is 0.0805 e. The predicted molar refractivity (Wildman–Crippen MR) is 69.7 cm³/mol. The van der Waals surface area contributed by atoms with Crippen LogP contribution in [0.3, 0.4) is 0 Å². The second-order valence-corrected chi connectivity index (χ2v) is 5.08. The summed E-state index contributed by atoms with van der Waals surface area (Å²) in [7, 11) is 2.31. The van der Waals surface area contributed by atoms with Crippen molar-refractivity contribution in [3.05, 3.63) is 0 Å². The Morgan fingerprint density at radius 3 is 2.07 bits per heavy atom. The molecule has 0 aromatic rings. The fourth-order valence-electron chi connectivity index (χ4n) is 2.24. The second-order valence-electron chi connectivity index (χ2n) is 5.08. The Balaban J connectivity index is 3.51. The van der Waals surface area contributed by atoms with E-state index in [1.165, 1.54) is 57.7 Å². The molecule has 0 saturated heterocycles. The van der Waals surface area contributed by atoms with E-state index in [0.717, 1.165) is 0 Å². The van der Waals surface area contributed by atoms with Gasteiger partial charge in [0.25, 0.3) is 0 Å². The van der Waals surface area contributed by atoms with E-state index in [0.29, 0.717) is 5.41 Å². The maximum Gasteiger partial charge on any atom is 0.101 e. The standard InChI is InChI=1S/C13H29B/c1-4-6-7-8-9-10-13(3,5-2)11-12-14/h4-12,14H2,1-3H3. The Bertz CT molecular complexity index is 122. The van der Waals surface area contributed by atoms with E-state index in [1.807, 2.05) is 0 Å². The molecule has 0 fully saturated rings. The first-order valence-corrected chi connectivity index (χ1v) is 6.68. The van der Waals surface area contributed by atoms with Crippen LogP contribution in [-0.2, 0) is 0 Å². The molecule has 0 aromatic heterocycles. The zero-order chi connectivity index (χ0) is 10.9. The molecule has 0 aromatic carbocycles. The molecule has 0 saturated carbocycles. The minimum atomic E-state index is 0.640. The molecule has 1 unspecified atom stereocenters. The first-order chi connectivity index (χ1) is 6.68. The summed E-state index contributed by atoms with van der Waals surface area (Å²) in [6.07, 6.45) is 12.7. The minimum Gasteiger partial charge on any atom is -0.0805 e. The van der Waals surface area contributed by atoms with Gasteiger partial charge < -0.3 is 0 Å². The number of hydrogen-bond acceptors (Lipinski definition) is 0. The Labute approximate surface area is 92.3 Å². The molecular weight excluding hydrogens is 167 g/mol. The van der Waals surface area contributed by atoms with Crippen LogP contribution in [-0.4, -0.2) is 7.85 Å². The van der Waals surface area contributed by atoms with Gasteiger partial charge in [-0.15, -0.1) is 0 Å². The normalized spacial score (nSPS) is 15.4. The highest BCUT2D eigenvalue weighted by Gasteiger charge is 2.19. The van der Waals surface area contributed by atoms with Crippen LogP contribution in [0.1, 0.15) is 72.1 Å². The monoisotopic (exact) mass is 196 g/mol. The van der Waals surface area contributed by atoms with E-state index in [1.54, 1.807) is 0 Å². The molecule has 0 aliphatic heterocycles. The van der Waals surface area contributed by atoms with Crippen LogP contribution in [0.5, 0.6) is 0 Å². The van der Waals surface area contributed by atoms with Crippen LogP contribution in [0.2, 0.25) is 6.32 Å². The van der Waals surface area contributed by atoms with Crippen LogP contribution < -0.4 is 0 Å². The maximum absolute atomic E-state index is 2.47. The molecule has 0 spiro atoms. The predicted octanol–water partition coefficient (Wildman–Crippen LogP) is 4.20. The van der Waals surface area contributed by atoms with E-state index in [4.69, 9.17) is 0 Å². The van der Waals surface area contributed by atoms with Gasteiger partial charge in [-0.25, -0.2) is 0 Å². The van der Waals surface area contributed by atoms with Crippen molar-refractivity contribution in [2.45, 2.75) is 78.5 Å². The Morgan fingerprint density at radius 2 is 1.57 bits per heavy atom. The summed E-state index contributed by atoms with van der Waals surface area (Å²) < 4.78 is 0. The molecular formula is C13H29B. The lowest BCUT2D eigenvalue weighted by Gasteiger charge is -2.27. The van der Waals surface area contributed by atoms with E-state index < -0.39 is 0 Å². The highest BCUT2D eigenvalue weighted by atomic mass is 14.2. The molecule has 1 atom stereocenters. The quantitative estimate of drug-likeness (QED) is 0.383. The summed E-state index contributed by atoms with van der Waals surface area (Å²) in [6, 6.07) is 0. The number of hydrogen-bond donors (Lipinski definition) is 0. The van der Waals surface area contributed by atoms with E-state index >= 15 is 0 Å². The van der Waals surface area contributed by atoms with Gasteiger partial charge in [-0.2, -0.15) is 0 Å². The van der Waals surface area contributed by atoms with Gasteiger partial charge in [0.05, 0.1) is 0 Å². The van der Waals surface area contributed by atoms with Crippen molar-refractivity contribution in [1.82, 2.24) is 0 Å². The van der Waals surface area contributed by atoms with Gasteiger partial charge in [0.1, 0.15) is 7.85 Å². The molecule has 0 heterocycles. The number of rotatable bonds is 9. The zero-order valence-electron chi connectivity index (χ0n) is 10.9. The van der Waals surface area contributed by atoms with Crippen molar-refractivity contribution < 1.29 is 0 Å². The minimum absolute atomic E-state index is 0.640. The highest BCUT2D eigenvalue weighted by molar-refractivity contribution is 6.08. The Hall–Kier alpha value is 0.0649. The maximum atomic E-state index is 2.47. The summed E-state index contributed by atoms with van der Waals surface area (Å²) in [5.74, 6) is 0. The van der Waals surface area contributed by atoms with Gasteiger partial charge in [-0.1, -0.05) is 72.0 Å². The first-order valence-electron chi connectivity index (χ1n) is 6.68. The average molecular weight is 196 g/mol. The van der Waals surface area contributed by atoms with Gasteiger partial charge in [0.2, 0.25) is 0 Å². The third kappa shape index (κ3) is 6.51. The van der Waals surface area contributed by atoms with E-state index in [9.17, 15) is 0 Å². The van der Waals surface area contributed by atoms with Crippen molar-refractivity contribution in [3.63, 3.8) is 0 Å². The lowest BCUT2D eigenvalue weighted by molar-refractivity contribution is 0.262. The lowest BCUT2D eigenvalue weighted by atomic mass is 9.75. The fraction of sp³-hybridized carbons (Fsp3) is 1.00. The third-order valence-corrected chi connectivity index (χ3v) is 3.59. The molecule has 0 N–H and O–H groups in total. The first kappa shape index (κ1) is 14.1. The van der Waals surface area contributed by atoms with Gasteiger partial charge in [-0.3, -0.25) is 0 Å². The van der Waals surface area contributed by atoms with E-state index in [-0.39, 0.29) is 0 Å². The SMILES string of the molecule is BCCC(C)(CC)CCCCCCC. The molecule has 0 aliphatic rings. The summed E-state index contributed by atoms with van der Waals surface area (Å²) in [5.41, 5.74) is 0.640. The largest absolute Gasteiger partial charge is 0.101 e. The summed E-state index contributed by atoms with van der Waals surface area (Å²) in [5, 5.41) is 0. The molecule has 0 amide bonds. The molecule has 0 aliphatic carbocycles. The second kappa shape index (κ2) is 8.38. The molecule has 0 nitrogen and oxygen atoms in total. The third-order valence-electron chi connectivity index (χ3n) is 3.59. The number of unbranched alkanes of at least 4 members (excludes halogenated alkanes) is 4. The molecule has 1 heteroatoms. The highest BCUT2D eigenvalue weighted by Crippen LogP contribution is 2.33. The topological polar surface area (TPSA) is 0 Å². The van der Waals surface area contributed by atoms with Gasteiger partial charge >= 0.3 is 0 Å². The summed E-state index contributed by atoms with van der Waals surface area (Å²) in [4.78, 5) is 0. The van der Waals surface area contributed by atoms with E-state index in [2.05, 4.69) is 28.6 Å². The van der Waals surface area contributed by atoms with Crippen molar-refractivity contribution in [1.29, 1.82) is 0 Å². The van der Waals surface area contributed by atoms with Crippen LogP contribution in [0.25, 0.3) is 0 Å². The van der Waals surface area contributed by atoms with Crippen LogP contribution in [0.4, 0.5) is 0 Å². The Morgan fingerprint density at radius 1 is 0.929 bits per heavy atom. The van der Waals surface area contributed by atoms with Gasteiger partial charge in [-0.05, 0) is 11.8 Å². The summed E-state index contributed by atoms with van der Waals surface area (Å²) >= 11 is 0. The van der Waals surface area contributed by atoms with Crippen LogP contribution >= 0.6 is 0 Å². The molecule has 84 valence electrons. The van der Waals surface area contributed by atoms with Crippen molar-refractivity contribution in [3.8, 4) is 0 Å².